The minimum atomic E-state index is -0.265. The molecule has 0 saturated carbocycles. The second kappa shape index (κ2) is 10.8. The fourth-order valence-electron chi connectivity index (χ4n) is 2.65. The van der Waals surface area contributed by atoms with Crippen molar-refractivity contribution < 1.29 is 19.0 Å². The van der Waals surface area contributed by atoms with E-state index in [0.29, 0.717) is 37.7 Å². The van der Waals surface area contributed by atoms with Gasteiger partial charge in [-0.05, 0) is 55.2 Å². The largest absolute Gasteiger partial charge is 0.493 e. The molecule has 0 radical (unpaired) electrons. The fraction of sp³-hybridized carbons (Fsp3) is 0.364. The molecule has 0 aromatic heterocycles. The number of rotatable bonds is 10. The van der Waals surface area contributed by atoms with Crippen LogP contribution in [0.4, 0.5) is 0 Å². The normalized spacial score (nSPS) is 10.1. The average Bonchev–Trinajstić information content (AvgIpc) is 2.69. The predicted molar refractivity (Wildman–Crippen MR) is 107 cm³/mol. The van der Waals surface area contributed by atoms with Crippen molar-refractivity contribution >= 4 is 5.91 Å². The number of aryl methyl sites for hydroxylation is 1. The van der Waals surface area contributed by atoms with E-state index in [9.17, 15) is 4.79 Å². The lowest BCUT2D eigenvalue weighted by Crippen LogP contribution is -2.24. The van der Waals surface area contributed by atoms with E-state index < -0.39 is 0 Å². The quantitative estimate of drug-likeness (QED) is 0.638. The van der Waals surface area contributed by atoms with Crippen molar-refractivity contribution in [1.29, 1.82) is 5.26 Å². The van der Waals surface area contributed by atoms with Crippen LogP contribution < -0.4 is 19.5 Å². The summed E-state index contributed by atoms with van der Waals surface area (Å²) < 4.78 is 17.0. The number of nitrogens with one attached hydrogen (secondary N) is 1. The van der Waals surface area contributed by atoms with Gasteiger partial charge in [0.1, 0.15) is 25.4 Å². The Bertz CT molecular complexity index is 843. The number of carbonyl (C=O) groups is 1. The van der Waals surface area contributed by atoms with Gasteiger partial charge in [-0.1, -0.05) is 18.2 Å². The molecule has 0 aliphatic carbocycles. The lowest BCUT2D eigenvalue weighted by molar-refractivity contribution is -0.120. The Morgan fingerprint density at radius 1 is 1.07 bits per heavy atom. The first-order valence-electron chi connectivity index (χ1n) is 9.17. The number of ether oxygens (including phenoxy) is 3. The van der Waals surface area contributed by atoms with Crippen LogP contribution in [0.5, 0.6) is 17.2 Å². The van der Waals surface area contributed by atoms with E-state index in [1.54, 1.807) is 7.11 Å². The lowest BCUT2D eigenvalue weighted by atomic mass is 10.1. The zero-order valence-electron chi connectivity index (χ0n) is 16.6. The molecule has 6 nitrogen and oxygen atoms in total. The molecule has 0 aliphatic heterocycles. The van der Waals surface area contributed by atoms with Crippen molar-refractivity contribution in [2.75, 3.05) is 26.9 Å². The van der Waals surface area contributed by atoms with Crippen molar-refractivity contribution in [3.05, 3.63) is 53.1 Å². The first-order valence-corrected chi connectivity index (χ1v) is 9.17. The van der Waals surface area contributed by atoms with E-state index in [2.05, 4.69) is 18.3 Å². The lowest BCUT2D eigenvalue weighted by Gasteiger charge is -2.14. The first kappa shape index (κ1) is 21.1. The van der Waals surface area contributed by atoms with Gasteiger partial charge in [-0.15, -0.1) is 0 Å². The van der Waals surface area contributed by atoms with Crippen LogP contribution in [0, 0.1) is 25.2 Å². The van der Waals surface area contributed by atoms with Crippen molar-refractivity contribution in [2.45, 2.75) is 26.7 Å². The van der Waals surface area contributed by atoms with Gasteiger partial charge in [0.05, 0.1) is 13.2 Å². The van der Waals surface area contributed by atoms with Crippen LogP contribution in [0.25, 0.3) is 0 Å². The molecule has 0 unspecified atom stereocenters. The molecule has 0 spiro atoms. The minimum Gasteiger partial charge on any atom is -0.493 e. The summed E-state index contributed by atoms with van der Waals surface area (Å²) in [5.41, 5.74) is 3.33. The van der Waals surface area contributed by atoms with Crippen LogP contribution in [-0.4, -0.2) is 32.8 Å². The Morgan fingerprint density at radius 3 is 2.54 bits per heavy atom. The molecule has 148 valence electrons. The maximum atomic E-state index is 11.3. The highest BCUT2D eigenvalue weighted by Gasteiger charge is 2.07. The highest BCUT2D eigenvalue weighted by molar-refractivity contribution is 5.77. The van der Waals surface area contributed by atoms with Gasteiger partial charge in [0.25, 0.3) is 0 Å². The molecule has 2 aromatic carbocycles. The number of hydrogen-bond donors (Lipinski definition) is 1. The Morgan fingerprint density at radius 2 is 1.82 bits per heavy atom. The molecule has 0 aliphatic rings. The summed E-state index contributed by atoms with van der Waals surface area (Å²) in [6, 6.07) is 13.5. The van der Waals surface area contributed by atoms with Gasteiger partial charge in [-0.3, -0.25) is 4.79 Å². The molecular weight excluding hydrogens is 356 g/mol. The van der Waals surface area contributed by atoms with Gasteiger partial charge in [0, 0.05) is 6.54 Å². The summed E-state index contributed by atoms with van der Waals surface area (Å²) in [6.45, 7) is 5.39. The second-order valence-electron chi connectivity index (χ2n) is 6.32. The highest BCUT2D eigenvalue weighted by atomic mass is 16.5. The third-order valence-electron chi connectivity index (χ3n) is 4.36. The molecule has 0 heterocycles. The first-order chi connectivity index (χ1) is 13.5. The van der Waals surface area contributed by atoms with E-state index in [1.807, 2.05) is 43.3 Å². The summed E-state index contributed by atoms with van der Waals surface area (Å²) >= 11 is 0. The summed E-state index contributed by atoms with van der Waals surface area (Å²) in [6.07, 6.45) is 0.518. The number of amides is 1. The Labute approximate surface area is 166 Å². The van der Waals surface area contributed by atoms with Gasteiger partial charge in [0.15, 0.2) is 11.5 Å². The topological polar surface area (TPSA) is 80.6 Å². The van der Waals surface area contributed by atoms with Crippen molar-refractivity contribution in [3.8, 4) is 23.3 Å². The predicted octanol–water partition coefficient (Wildman–Crippen LogP) is 3.34. The summed E-state index contributed by atoms with van der Waals surface area (Å²) in [5, 5.41) is 11.2. The van der Waals surface area contributed by atoms with E-state index in [1.165, 1.54) is 5.56 Å². The van der Waals surface area contributed by atoms with Crippen molar-refractivity contribution in [3.63, 3.8) is 0 Å². The van der Waals surface area contributed by atoms with E-state index in [4.69, 9.17) is 19.5 Å². The maximum Gasteiger partial charge on any atom is 0.234 e. The monoisotopic (exact) mass is 382 g/mol. The van der Waals surface area contributed by atoms with Crippen molar-refractivity contribution in [1.82, 2.24) is 5.32 Å². The van der Waals surface area contributed by atoms with Gasteiger partial charge < -0.3 is 19.5 Å². The second-order valence-corrected chi connectivity index (χ2v) is 6.32. The van der Waals surface area contributed by atoms with Gasteiger partial charge >= 0.3 is 0 Å². The Hall–Kier alpha value is -3.20. The molecule has 6 heteroatoms. The highest BCUT2D eigenvalue weighted by Crippen LogP contribution is 2.28. The van der Waals surface area contributed by atoms with Gasteiger partial charge in [-0.2, -0.15) is 5.26 Å². The fourth-order valence-corrected chi connectivity index (χ4v) is 2.65. The average molecular weight is 382 g/mol. The Kier molecular flexibility index (Phi) is 8.16. The van der Waals surface area contributed by atoms with E-state index in [0.717, 1.165) is 16.9 Å². The molecule has 0 saturated heterocycles. The molecule has 2 rings (SSSR count). The third-order valence-corrected chi connectivity index (χ3v) is 4.36. The SMILES string of the molecule is COc1cc(CCNC(=O)CC#N)ccc1OCCOc1cccc(C)c1C. The van der Waals surface area contributed by atoms with Gasteiger partial charge in [-0.25, -0.2) is 0 Å². The van der Waals surface area contributed by atoms with Crippen LogP contribution in [0.1, 0.15) is 23.1 Å². The standard InChI is InChI=1S/C22H26N2O4/c1-16-5-4-6-19(17(16)2)27-13-14-28-20-8-7-18(15-21(20)26-3)10-12-24-22(25)9-11-23/h4-8,15H,9-10,12-14H2,1-3H3,(H,24,25). The van der Waals surface area contributed by atoms with Crippen LogP contribution in [0.3, 0.4) is 0 Å². The number of hydrogen-bond acceptors (Lipinski definition) is 5. The van der Waals surface area contributed by atoms with Gasteiger partial charge in [0.2, 0.25) is 5.91 Å². The zero-order chi connectivity index (χ0) is 20.4. The number of methoxy groups -OCH3 is 1. The van der Waals surface area contributed by atoms with Crippen LogP contribution in [0.15, 0.2) is 36.4 Å². The van der Waals surface area contributed by atoms with E-state index in [-0.39, 0.29) is 12.3 Å². The van der Waals surface area contributed by atoms with Crippen molar-refractivity contribution in [2.24, 2.45) is 0 Å². The molecule has 28 heavy (non-hydrogen) atoms. The molecule has 1 amide bonds. The number of nitrogens with zero attached hydrogens (tertiary/aromatic N) is 1. The van der Waals surface area contributed by atoms with Crippen LogP contribution in [-0.2, 0) is 11.2 Å². The van der Waals surface area contributed by atoms with E-state index >= 15 is 0 Å². The maximum absolute atomic E-state index is 11.3. The molecule has 1 N–H and O–H groups in total. The van der Waals surface area contributed by atoms with Crippen LogP contribution >= 0.6 is 0 Å². The Balaban J connectivity index is 1.84. The smallest absolute Gasteiger partial charge is 0.234 e. The number of nitriles is 1. The number of carbonyl (C=O) groups excluding carboxylic acids is 1. The molecule has 2 aromatic rings. The zero-order valence-corrected chi connectivity index (χ0v) is 16.6. The summed E-state index contributed by atoms with van der Waals surface area (Å²) in [7, 11) is 1.59. The molecular formula is C22H26N2O4. The minimum absolute atomic E-state index is 0.125. The summed E-state index contributed by atoms with van der Waals surface area (Å²) in [5.74, 6) is 1.87. The number of benzene rings is 2. The third kappa shape index (κ3) is 6.20. The summed E-state index contributed by atoms with van der Waals surface area (Å²) in [4.78, 5) is 11.3. The molecule has 0 atom stereocenters. The molecule has 0 bridgehead atoms. The molecule has 0 fully saturated rings. The van der Waals surface area contributed by atoms with Crippen LogP contribution in [0.2, 0.25) is 0 Å².